The zero-order valence-corrected chi connectivity index (χ0v) is 16.8. The lowest BCUT2D eigenvalue weighted by atomic mass is 10.1. The summed E-state index contributed by atoms with van der Waals surface area (Å²) < 4.78 is 11.9. The first-order valence-corrected chi connectivity index (χ1v) is 9.32. The van der Waals surface area contributed by atoms with E-state index >= 15 is 0 Å². The van der Waals surface area contributed by atoms with E-state index in [0.717, 1.165) is 30.0 Å². The fraction of sp³-hybridized carbons (Fsp3) is 0.444. The van der Waals surface area contributed by atoms with Crippen molar-refractivity contribution in [2.75, 3.05) is 45.4 Å². The number of hydrogen-bond acceptors (Lipinski definition) is 7. The van der Waals surface area contributed by atoms with Crippen LogP contribution >= 0.6 is 11.3 Å². The molecule has 9 heteroatoms. The standard InChI is InChI=1S/C18H24N4O4S/c1-13-11-14(22(7-9-25-3)8-10-26-4)5-6-15(13)19-20-18-21(2)16(12-27-18)17(23)24/h5-6,11-12H,7-10H2,1-4H3/p+1. The second kappa shape index (κ2) is 10.1. The molecule has 0 aliphatic rings. The highest BCUT2D eigenvalue weighted by atomic mass is 32.1. The van der Waals surface area contributed by atoms with Crippen molar-refractivity contribution in [3.05, 3.63) is 34.8 Å². The first-order chi connectivity index (χ1) is 13.0. The van der Waals surface area contributed by atoms with Crippen LogP contribution in [-0.2, 0) is 16.5 Å². The van der Waals surface area contributed by atoms with Gasteiger partial charge in [-0.15, -0.1) is 0 Å². The van der Waals surface area contributed by atoms with Crippen LogP contribution in [0.3, 0.4) is 0 Å². The normalized spacial score (nSPS) is 11.3. The third-order valence-corrected chi connectivity index (χ3v) is 4.97. The summed E-state index contributed by atoms with van der Waals surface area (Å²) in [6.45, 7) is 4.77. The average molecular weight is 393 g/mol. The smallest absolute Gasteiger partial charge is 0.408 e. The van der Waals surface area contributed by atoms with Gasteiger partial charge in [-0.25, -0.2) is 9.36 Å². The van der Waals surface area contributed by atoms with Crippen molar-refractivity contribution in [2.45, 2.75) is 6.92 Å². The van der Waals surface area contributed by atoms with Crippen LogP contribution in [0.4, 0.5) is 16.5 Å². The predicted molar refractivity (Wildman–Crippen MR) is 104 cm³/mol. The summed E-state index contributed by atoms with van der Waals surface area (Å²) in [7, 11) is 5.03. The molecule has 0 bridgehead atoms. The number of azo groups is 1. The molecule has 0 saturated heterocycles. The van der Waals surface area contributed by atoms with Gasteiger partial charge in [-0.1, -0.05) is 0 Å². The van der Waals surface area contributed by atoms with Gasteiger partial charge >= 0.3 is 11.1 Å². The number of nitrogens with zero attached hydrogens (tertiary/aromatic N) is 4. The number of aromatic carboxylic acids is 1. The highest BCUT2D eigenvalue weighted by Gasteiger charge is 2.20. The Morgan fingerprint density at radius 1 is 1.22 bits per heavy atom. The van der Waals surface area contributed by atoms with E-state index in [9.17, 15) is 4.79 Å². The molecule has 0 spiro atoms. The Labute approximate surface area is 162 Å². The lowest BCUT2D eigenvalue weighted by molar-refractivity contribution is -0.656. The van der Waals surface area contributed by atoms with Crippen LogP contribution in [0, 0.1) is 6.92 Å². The zero-order chi connectivity index (χ0) is 19.8. The molecule has 0 atom stereocenters. The van der Waals surface area contributed by atoms with Gasteiger partial charge in [0.2, 0.25) is 5.69 Å². The van der Waals surface area contributed by atoms with Crippen LogP contribution in [0.2, 0.25) is 0 Å². The third kappa shape index (κ3) is 5.56. The van der Waals surface area contributed by atoms with E-state index in [2.05, 4.69) is 21.2 Å². The molecule has 0 radical (unpaired) electrons. The molecular weight excluding hydrogens is 368 g/mol. The minimum absolute atomic E-state index is 0.188. The van der Waals surface area contributed by atoms with Crippen molar-refractivity contribution < 1.29 is 23.9 Å². The Balaban J connectivity index is 2.18. The number of aromatic nitrogens is 1. The van der Waals surface area contributed by atoms with Crippen molar-refractivity contribution in [2.24, 2.45) is 17.3 Å². The summed E-state index contributed by atoms with van der Waals surface area (Å²) in [6, 6.07) is 5.95. The van der Waals surface area contributed by atoms with Crippen molar-refractivity contribution >= 4 is 33.8 Å². The molecule has 1 aromatic heterocycles. The maximum Gasteiger partial charge on any atom is 0.408 e. The fourth-order valence-electron chi connectivity index (χ4n) is 2.47. The van der Waals surface area contributed by atoms with Gasteiger partial charge in [-0.05, 0) is 47.1 Å². The van der Waals surface area contributed by atoms with Crippen molar-refractivity contribution in [3.8, 4) is 0 Å². The molecule has 2 aromatic rings. The molecular formula is C18H25N4O4S+. The number of anilines is 1. The number of thiazole rings is 1. The first kappa shape index (κ1) is 20.9. The van der Waals surface area contributed by atoms with E-state index in [0.29, 0.717) is 18.3 Å². The topological polar surface area (TPSA) is 87.6 Å². The van der Waals surface area contributed by atoms with Crippen LogP contribution in [-0.4, -0.2) is 51.6 Å². The van der Waals surface area contributed by atoms with Crippen molar-refractivity contribution in [3.63, 3.8) is 0 Å². The predicted octanol–water partition coefficient (Wildman–Crippen LogP) is 3.09. The van der Waals surface area contributed by atoms with Gasteiger partial charge in [0.1, 0.15) is 5.69 Å². The second-order valence-corrected chi connectivity index (χ2v) is 6.75. The highest BCUT2D eigenvalue weighted by molar-refractivity contribution is 7.13. The van der Waals surface area contributed by atoms with Gasteiger partial charge in [-0.3, -0.25) is 0 Å². The number of rotatable bonds is 10. The van der Waals surface area contributed by atoms with E-state index in [1.54, 1.807) is 26.6 Å². The largest absolute Gasteiger partial charge is 0.475 e. The number of carbonyl (C=O) groups is 1. The zero-order valence-electron chi connectivity index (χ0n) is 16.0. The third-order valence-electron chi connectivity index (χ3n) is 4.06. The fourth-order valence-corrected chi connectivity index (χ4v) is 3.29. The maximum atomic E-state index is 11.1. The molecule has 0 aliphatic heterocycles. The van der Waals surface area contributed by atoms with Crippen molar-refractivity contribution in [1.82, 2.24) is 0 Å². The lowest BCUT2D eigenvalue weighted by Crippen LogP contribution is -2.33. The number of methoxy groups -OCH3 is 2. The summed E-state index contributed by atoms with van der Waals surface area (Å²) in [6.07, 6.45) is 0. The molecule has 0 amide bonds. The quantitative estimate of drug-likeness (QED) is 0.495. The molecule has 0 saturated carbocycles. The van der Waals surface area contributed by atoms with Crippen LogP contribution < -0.4 is 9.47 Å². The Hall–Kier alpha value is -2.36. The van der Waals surface area contributed by atoms with Crippen LogP contribution in [0.15, 0.2) is 33.8 Å². The van der Waals surface area contributed by atoms with E-state index < -0.39 is 5.97 Å². The number of aryl methyl sites for hydroxylation is 1. The highest BCUT2D eigenvalue weighted by Crippen LogP contribution is 2.27. The summed E-state index contributed by atoms with van der Waals surface area (Å²) in [5.74, 6) is -0.983. The number of hydrogen-bond donors (Lipinski definition) is 1. The van der Waals surface area contributed by atoms with E-state index in [-0.39, 0.29) is 5.69 Å². The average Bonchev–Trinajstić information content (AvgIpc) is 3.01. The molecule has 0 unspecified atom stereocenters. The maximum absolute atomic E-state index is 11.1. The number of carboxylic acid groups (broad SMARTS) is 1. The molecule has 2 rings (SSSR count). The number of ether oxygens (including phenoxy) is 2. The first-order valence-electron chi connectivity index (χ1n) is 8.44. The molecule has 1 N–H and O–H groups in total. The van der Waals surface area contributed by atoms with Crippen LogP contribution in [0.1, 0.15) is 16.1 Å². The molecule has 8 nitrogen and oxygen atoms in total. The Bertz CT molecular complexity index is 799. The van der Waals surface area contributed by atoms with Gasteiger partial charge in [0.15, 0.2) is 0 Å². The minimum Gasteiger partial charge on any atom is -0.475 e. The minimum atomic E-state index is -0.983. The molecule has 1 aromatic carbocycles. The number of carboxylic acids is 1. The summed E-state index contributed by atoms with van der Waals surface area (Å²) in [5, 5.41) is 19.7. The van der Waals surface area contributed by atoms with Gasteiger partial charge in [0.05, 0.1) is 30.8 Å². The van der Waals surface area contributed by atoms with E-state index in [4.69, 9.17) is 14.6 Å². The Morgan fingerprint density at radius 3 is 2.41 bits per heavy atom. The molecule has 146 valence electrons. The van der Waals surface area contributed by atoms with E-state index in [1.165, 1.54) is 15.9 Å². The van der Waals surface area contributed by atoms with Crippen molar-refractivity contribution in [1.29, 1.82) is 0 Å². The number of benzene rings is 1. The van der Waals surface area contributed by atoms with Gasteiger partial charge in [0.25, 0.3) is 0 Å². The Kier molecular flexibility index (Phi) is 7.83. The second-order valence-electron chi connectivity index (χ2n) is 5.91. The van der Waals surface area contributed by atoms with Gasteiger partial charge < -0.3 is 19.5 Å². The van der Waals surface area contributed by atoms with Gasteiger partial charge in [-0.2, -0.15) is 0 Å². The lowest BCUT2D eigenvalue weighted by Gasteiger charge is -2.24. The molecule has 27 heavy (non-hydrogen) atoms. The van der Waals surface area contributed by atoms with Gasteiger partial charge in [0, 0.05) is 33.0 Å². The summed E-state index contributed by atoms with van der Waals surface area (Å²) in [4.78, 5) is 13.3. The molecule has 0 aliphatic carbocycles. The van der Waals surface area contributed by atoms with Crippen LogP contribution in [0.25, 0.3) is 0 Å². The van der Waals surface area contributed by atoms with E-state index in [1.807, 2.05) is 19.1 Å². The van der Waals surface area contributed by atoms with Crippen LogP contribution in [0.5, 0.6) is 0 Å². The Morgan fingerprint density at radius 2 is 1.89 bits per heavy atom. The molecule has 0 fully saturated rings. The summed E-state index contributed by atoms with van der Waals surface area (Å²) in [5.41, 5.74) is 2.97. The molecule has 1 heterocycles. The monoisotopic (exact) mass is 393 g/mol. The summed E-state index contributed by atoms with van der Waals surface area (Å²) >= 11 is 1.24. The SMILES string of the molecule is COCCN(CCOC)c1ccc(N=Nc2scc(C(=O)O)[n+]2C)c(C)c1.